The fraction of sp³-hybridized carbons (Fsp3) is 0.500. The zero-order valence-corrected chi connectivity index (χ0v) is 13.0. The first-order valence-electron chi connectivity index (χ1n) is 7.41. The van der Waals surface area contributed by atoms with Crippen LogP contribution in [0.3, 0.4) is 0 Å². The molecule has 2 N–H and O–H groups in total. The second kappa shape index (κ2) is 6.61. The Hall–Kier alpha value is -2.04. The van der Waals surface area contributed by atoms with Crippen molar-refractivity contribution in [3.05, 3.63) is 23.3 Å². The molecule has 0 aliphatic rings. The van der Waals surface area contributed by atoms with Gasteiger partial charge in [-0.3, -0.25) is 9.36 Å². The summed E-state index contributed by atoms with van der Waals surface area (Å²) in [7, 11) is 0. The van der Waals surface area contributed by atoms with Crippen molar-refractivity contribution in [2.75, 3.05) is 12.3 Å². The van der Waals surface area contributed by atoms with E-state index >= 15 is 0 Å². The summed E-state index contributed by atoms with van der Waals surface area (Å²) in [5, 5.41) is 0. The van der Waals surface area contributed by atoms with Gasteiger partial charge in [-0.1, -0.05) is 19.8 Å². The fourth-order valence-corrected chi connectivity index (χ4v) is 2.28. The van der Waals surface area contributed by atoms with Gasteiger partial charge in [0.25, 0.3) is 0 Å². The van der Waals surface area contributed by atoms with E-state index in [1.807, 2.05) is 26.0 Å². The minimum atomic E-state index is -0.268. The third-order valence-corrected chi connectivity index (χ3v) is 3.69. The van der Waals surface area contributed by atoms with Gasteiger partial charge >= 0.3 is 5.97 Å². The van der Waals surface area contributed by atoms with E-state index in [0.29, 0.717) is 12.6 Å². The van der Waals surface area contributed by atoms with Gasteiger partial charge in [-0.25, -0.2) is 4.98 Å². The molecule has 1 heterocycles. The molecule has 0 radical (unpaired) electrons. The summed E-state index contributed by atoms with van der Waals surface area (Å²) in [6, 6.07) is 4.00. The number of carbonyl (C=O) groups excluding carboxylic acids is 1. The van der Waals surface area contributed by atoms with Crippen LogP contribution in [0.4, 0.5) is 5.95 Å². The maximum atomic E-state index is 11.9. The molecule has 0 atom stereocenters. The molecule has 5 nitrogen and oxygen atoms in total. The first-order valence-corrected chi connectivity index (χ1v) is 7.41. The summed E-state index contributed by atoms with van der Waals surface area (Å²) in [6.07, 6.45) is 3.08. The molecule has 1 aromatic carbocycles. The average Bonchev–Trinajstić information content (AvgIpc) is 2.72. The number of hydrogen-bond acceptors (Lipinski definition) is 4. The molecule has 0 spiro atoms. The highest BCUT2D eigenvalue weighted by Crippen LogP contribution is 2.21. The Balaban J connectivity index is 2.12. The Morgan fingerprint density at radius 1 is 1.29 bits per heavy atom. The van der Waals surface area contributed by atoms with Crippen LogP contribution in [0.25, 0.3) is 11.0 Å². The zero-order valence-electron chi connectivity index (χ0n) is 13.0. The molecule has 0 amide bonds. The number of anilines is 1. The van der Waals surface area contributed by atoms with Crippen LogP contribution in [0, 0.1) is 13.8 Å². The highest BCUT2D eigenvalue weighted by atomic mass is 16.5. The molecular formula is C16H23N3O2. The maximum absolute atomic E-state index is 11.9. The monoisotopic (exact) mass is 289 g/mol. The number of hydrogen-bond donors (Lipinski definition) is 1. The van der Waals surface area contributed by atoms with E-state index in [1.165, 1.54) is 0 Å². The average molecular weight is 289 g/mol. The number of fused-ring (bicyclic) bond motifs is 1. The van der Waals surface area contributed by atoms with Crippen LogP contribution in [0.5, 0.6) is 0 Å². The number of unbranched alkanes of at least 4 members (excludes halogenated alkanes) is 2. The largest absolute Gasteiger partial charge is 0.464 e. The van der Waals surface area contributed by atoms with E-state index in [4.69, 9.17) is 10.5 Å². The summed E-state index contributed by atoms with van der Waals surface area (Å²) in [5.41, 5.74) is 9.93. The molecule has 0 saturated carbocycles. The van der Waals surface area contributed by atoms with Crippen LogP contribution in [-0.2, 0) is 16.1 Å². The lowest BCUT2D eigenvalue weighted by atomic mass is 10.1. The Bertz CT molecular complexity index is 646. The summed E-state index contributed by atoms with van der Waals surface area (Å²) in [5.74, 6) is 0.0795. The maximum Gasteiger partial charge on any atom is 0.326 e. The number of nitrogens with zero attached hydrogens (tertiary/aromatic N) is 2. The van der Waals surface area contributed by atoms with Crippen LogP contribution in [0.1, 0.15) is 37.3 Å². The molecule has 0 aliphatic carbocycles. The van der Waals surface area contributed by atoms with E-state index in [1.54, 1.807) is 4.57 Å². The number of nitrogens with two attached hydrogens (primary N) is 1. The van der Waals surface area contributed by atoms with Gasteiger partial charge in [-0.15, -0.1) is 0 Å². The molecule has 1 aromatic heterocycles. The molecule has 0 fully saturated rings. The minimum absolute atomic E-state index is 0.108. The van der Waals surface area contributed by atoms with Crippen molar-refractivity contribution < 1.29 is 9.53 Å². The second-order valence-electron chi connectivity index (χ2n) is 5.41. The Labute approximate surface area is 125 Å². The van der Waals surface area contributed by atoms with Gasteiger partial charge in [0.1, 0.15) is 6.54 Å². The highest BCUT2D eigenvalue weighted by Gasteiger charge is 2.13. The van der Waals surface area contributed by atoms with Gasteiger partial charge in [0.05, 0.1) is 17.6 Å². The molecule has 0 aliphatic heterocycles. The summed E-state index contributed by atoms with van der Waals surface area (Å²) in [6.45, 7) is 6.76. The number of aromatic nitrogens is 2. The molecule has 0 unspecified atom stereocenters. The quantitative estimate of drug-likeness (QED) is 0.655. The molecule has 114 valence electrons. The SMILES string of the molecule is CCCCCOC(=O)Cn1c(N)nc2cc(C)c(C)cc21. The number of nitrogen functional groups attached to an aromatic ring is 1. The lowest BCUT2D eigenvalue weighted by molar-refractivity contribution is -0.144. The van der Waals surface area contributed by atoms with E-state index in [0.717, 1.165) is 41.4 Å². The number of benzene rings is 1. The lowest BCUT2D eigenvalue weighted by Gasteiger charge is -2.08. The van der Waals surface area contributed by atoms with E-state index in [9.17, 15) is 4.79 Å². The van der Waals surface area contributed by atoms with Crippen LogP contribution in [0.15, 0.2) is 12.1 Å². The van der Waals surface area contributed by atoms with Gasteiger partial charge < -0.3 is 10.5 Å². The molecule has 0 saturated heterocycles. The predicted octanol–water partition coefficient (Wildman–Crippen LogP) is 2.97. The zero-order chi connectivity index (χ0) is 15.4. The van der Waals surface area contributed by atoms with E-state index in [2.05, 4.69) is 11.9 Å². The van der Waals surface area contributed by atoms with Crippen molar-refractivity contribution in [1.82, 2.24) is 9.55 Å². The van der Waals surface area contributed by atoms with Crippen molar-refractivity contribution >= 4 is 23.0 Å². The number of ether oxygens (including phenoxy) is 1. The molecule has 0 bridgehead atoms. The summed E-state index contributed by atoms with van der Waals surface area (Å²) >= 11 is 0. The number of esters is 1. The van der Waals surface area contributed by atoms with Crippen LogP contribution in [0.2, 0.25) is 0 Å². The number of aryl methyl sites for hydroxylation is 2. The first-order chi connectivity index (χ1) is 10.0. The van der Waals surface area contributed by atoms with Crippen molar-refractivity contribution in [2.45, 2.75) is 46.6 Å². The van der Waals surface area contributed by atoms with E-state index in [-0.39, 0.29) is 12.5 Å². The Morgan fingerprint density at radius 2 is 2.00 bits per heavy atom. The van der Waals surface area contributed by atoms with Crippen molar-refractivity contribution in [2.24, 2.45) is 0 Å². The van der Waals surface area contributed by atoms with Crippen molar-refractivity contribution in [3.63, 3.8) is 0 Å². The number of imidazole rings is 1. The van der Waals surface area contributed by atoms with Crippen molar-refractivity contribution in [1.29, 1.82) is 0 Å². The van der Waals surface area contributed by atoms with Gasteiger partial charge in [-0.05, 0) is 43.5 Å². The minimum Gasteiger partial charge on any atom is -0.464 e. The molecule has 2 aromatic rings. The van der Waals surface area contributed by atoms with Gasteiger partial charge in [0, 0.05) is 0 Å². The summed E-state index contributed by atoms with van der Waals surface area (Å²) in [4.78, 5) is 16.2. The topological polar surface area (TPSA) is 70.1 Å². The molecule has 5 heteroatoms. The normalized spacial score (nSPS) is 11.0. The van der Waals surface area contributed by atoms with Crippen LogP contribution >= 0.6 is 0 Å². The predicted molar refractivity (Wildman–Crippen MR) is 84.1 cm³/mol. The van der Waals surface area contributed by atoms with Crippen molar-refractivity contribution in [3.8, 4) is 0 Å². The Morgan fingerprint density at radius 3 is 2.71 bits per heavy atom. The van der Waals surface area contributed by atoms with Gasteiger partial charge in [0.2, 0.25) is 5.95 Å². The Kier molecular flexibility index (Phi) is 4.83. The smallest absolute Gasteiger partial charge is 0.326 e. The second-order valence-corrected chi connectivity index (χ2v) is 5.41. The molecular weight excluding hydrogens is 266 g/mol. The fourth-order valence-electron chi connectivity index (χ4n) is 2.28. The molecule has 2 rings (SSSR count). The van der Waals surface area contributed by atoms with E-state index < -0.39 is 0 Å². The summed E-state index contributed by atoms with van der Waals surface area (Å²) < 4.78 is 6.94. The number of rotatable bonds is 6. The highest BCUT2D eigenvalue weighted by molar-refractivity contribution is 5.82. The van der Waals surface area contributed by atoms with Gasteiger partial charge in [-0.2, -0.15) is 0 Å². The lowest BCUT2D eigenvalue weighted by Crippen LogP contribution is -2.15. The third kappa shape index (κ3) is 3.54. The number of carbonyl (C=O) groups is 1. The van der Waals surface area contributed by atoms with Crippen LogP contribution < -0.4 is 5.73 Å². The standard InChI is InChI=1S/C16H23N3O2/c1-4-5-6-7-21-15(20)10-19-14-9-12(3)11(2)8-13(14)18-16(19)17/h8-9H,4-7,10H2,1-3H3,(H2,17,18). The third-order valence-electron chi connectivity index (χ3n) is 3.69. The first kappa shape index (κ1) is 15.4. The molecule has 21 heavy (non-hydrogen) atoms. The van der Waals surface area contributed by atoms with Crippen LogP contribution in [-0.4, -0.2) is 22.1 Å². The van der Waals surface area contributed by atoms with Gasteiger partial charge in [0.15, 0.2) is 0 Å².